The molecule has 0 aromatic rings. The van der Waals surface area contributed by atoms with Crippen molar-refractivity contribution >= 4 is 11.6 Å². The van der Waals surface area contributed by atoms with Crippen molar-refractivity contribution in [3.05, 3.63) is 11.1 Å². The van der Waals surface area contributed by atoms with E-state index in [1.807, 2.05) is 0 Å². The average Bonchev–Trinajstić information content (AvgIpc) is 1.35. The SMILES string of the molecule is CC(Cl)=CCN. The van der Waals surface area contributed by atoms with E-state index in [0.29, 0.717) is 6.54 Å². The van der Waals surface area contributed by atoms with Gasteiger partial charge in [-0.25, -0.2) is 0 Å². The number of hydrogen-bond donors (Lipinski definition) is 1. The first-order chi connectivity index (χ1) is 2.77. The van der Waals surface area contributed by atoms with E-state index < -0.39 is 0 Å². The number of rotatable bonds is 1. The van der Waals surface area contributed by atoms with E-state index in [1.54, 1.807) is 13.0 Å². The van der Waals surface area contributed by atoms with Gasteiger partial charge in [0.05, 0.1) is 0 Å². The van der Waals surface area contributed by atoms with Gasteiger partial charge in [-0.3, -0.25) is 0 Å². The van der Waals surface area contributed by atoms with E-state index in [1.165, 1.54) is 0 Å². The van der Waals surface area contributed by atoms with Gasteiger partial charge >= 0.3 is 0 Å². The molecule has 0 aliphatic carbocycles. The summed E-state index contributed by atoms with van der Waals surface area (Å²) < 4.78 is 0. The van der Waals surface area contributed by atoms with Crippen molar-refractivity contribution in [1.82, 2.24) is 0 Å². The summed E-state index contributed by atoms with van der Waals surface area (Å²) in [5.41, 5.74) is 5.07. The van der Waals surface area contributed by atoms with Gasteiger partial charge in [0, 0.05) is 11.6 Å². The van der Waals surface area contributed by atoms with Crippen molar-refractivity contribution < 1.29 is 0 Å². The van der Waals surface area contributed by atoms with E-state index in [0.717, 1.165) is 5.03 Å². The van der Waals surface area contributed by atoms with Crippen LogP contribution in [0.4, 0.5) is 0 Å². The molecule has 6 heavy (non-hydrogen) atoms. The molecule has 36 valence electrons. The van der Waals surface area contributed by atoms with Crippen LogP contribution < -0.4 is 5.73 Å². The van der Waals surface area contributed by atoms with Crippen molar-refractivity contribution in [2.45, 2.75) is 6.92 Å². The normalized spacial score (nSPS) is 12.2. The summed E-state index contributed by atoms with van der Waals surface area (Å²) in [6, 6.07) is 0. The van der Waals surface area contributed by atoms with Crippen LogP contribution in [0.5, 0.6) is 0 Å². The third kappa shape index (κ3) is 3.99. The fourth-order valence-electron chi connectivity index (χ4n) is 0.162. The highest BCUT2D eigenvalue weighted by Gasteiger charge is 1.70. The van der Waals surface area contributed by atoms with Gasteiger partial charge in [0.15, 0.2) is 0 Å². The minimum atomic E-state index is 0.537. The Morgan fingerprint density at radius 1 is 2.00 bits per heavy atom. The molecule has 0 atom stereocenters. The predicted molar refractivity (Wildman–Crippen MR) is 28.7 cm³/mol. The summed E-state index contributed by atoms with van der Waals surface area (Å²) in [4.78, 5) is 0. The van der Waals surface area contributed by atoms with Crippen LogP contribution in [0.25, 0.3) is 0 Å². The van der Waals surface area contributed by atoms with Gasteiger partial charge in [-0.1, -0.05) is 17.7 Å². The van der Waals surface area contributed by atoms with Gasteiger partial charge in [-0.2, -0.15) is 0 Å². The maximum Gasteiger partial charge on any atom is 0.0122 e. The maximum absolute atomic E-state index is 5.36. The van der Waals surface area contributed by atoms with Gasteiger partial charge in [0.25, 0.3) is 0 Å². The Kier molecular flexibility index (Phi) is 3.19. The first-order valence-electron chi connectivity index (χ1n) is 1.79. The largest absolute Gasteiger partial charge is 0.327 e. The lowest BCUT2D eigenvalue weighted by atomic mass is 10.5. The van der Waals surface area contributed by atoms with Crippen LogP contribution in [-0.4, -0.2) is 6.54 Å². The van der Waals surface area contributed by atoms with E-state index in [4.69, 9.17) is 17.3 Å². The lowest BCUT2D eigenvalue weighted by Crippen LogP contribution is -1.92. The molecule has 1 nitrogen and oxygen atoms in total. The zero-order chi connectivity index (χ0) is 4.99. The Morgan fingerprint density at radius 2 is 2.50 bits per heavy atom. The highest BCUT2D eigenvalue weighted by atomic mass is 35.5. The number of hydrogen-bond acceptors (Lipinski definition) is 1. The minimum Gasteiger partial charge on any atom is -0.327 e. The first kappa shape index (κ1) is 5.99. The lowest BCUT2D eigenvalue weighted by Gasteiger charge is -1.77. The molecule has 0 aliphatic heterocycles. The molecule has 0 heterocycles. The smallest absolute Gasteiger partial charge is 0.0122 e. The van der Waals surface area contributed by atoms with Crippen LogP contribution in [0.3, 0.4) is 0 Å². The summed E-state index contributed by atoms with van der Waals surface area (Å²) in [6.07, 6.45) is 1.75. The molecule has 0 aromatic heterocycles. The Hall–Kier alpha value is -0.0100. The number of nitrogens with two attached hydrogens (primary N) is 1. The highest BCUT2D eigenvalue weighted by Crippen LogP contribution is 1.93. The van der Waals surface area contributed by atoms with Crippen molar-refractivity contribution in [2.75, 3.05) is 6.54 Å². The molecule has 0 aliphatic rings. The topological polar surface area (TPSA) is 26.0 Å². The molecule has 0 fully saturated rings. The zero-order valence-corrected chi connectivity index (χ0v) is 4.50. The molecular weight excluding hydrogens is 97.5 g/mol. The van der Waals surface area contributed by atoms with E-state index >= 15 is 0 Å². The van der Waals surface area contributed by atoms with Crippen LogP contribution >= 0.6 is 11.6 Å². The van der Waals surface area contributed by atoms with E-state index in [2.05, 4.69) is 0 Å². The summed E-state index contributed by atoms with van der Waals surface area (Å²) >= 11 is 5.36. The van der Waals surface area contributed by atoms with Crippen molar-refractivity contribution in [2.24, 2.45) is 5.73 Å². The first-order valence-corrected chi connectivity index (χ1v) is 2.17. The summed E-state index contributed by atoms with van der Waals surface area (Å²) in [5.74, 6) is 0. The van der Waals surface area contributed by atoms with E-state index in [9.17, 15) is 0 Å². The minimum absolute atomic E-state index is 0.537. The second-order valence-corrected chi connectivity index (χ2v) is 1.62. The van der Waals surface area contributed by atoms with Crippen molar-refractivity contribution in [1.29, 1.82) is 0 Å². The Morgan fingerprint density at radius 3 is 2.50 bits per heavy atom. The zero-order valence-electron chi connectivity index (χ0n) is 3.74. The molecule has 0 saturated carbocycles. The molecule has 2 heteroatoms. The van der Waals surface area contributed by atoms with Crippen LogP contribution in [0.2, 0.25) is 0 Å². The molecular formula is C4H8ClN. The van der Waals surface area contributed by atoms with Gasteiger partial charge in [-0.15, -0.1) is 0 Å². The van der Waals surface area contributed by atoms with Crippen LogP contribution in [0.15, 0.2) is 11.1 Å². The van der Waals surface area contributed by atoms with Gasteiger partial charge in [-0.05, 0) is 6.92 Å². The lowest BCUT2D eigenvalue weighted by molar-refractivity contribution is 1.24. The molecule has 0 spiro atoms. The molecule has 0 aromatic carbocycles. The number of allylic oxidation sites excluding steroid dienone is 1. The Labute approximate surface area is 42.8 Å². The third-order valence-corrected chi connectivity index (χ3v) is 0.553. The predicted octanol–water partition coefficient (Wildman–Crippen LogP) is 1.09. The third-order valence-electron chi connectivity index (χ3n) is 0.399. The van der Waals surface area contributed by atoms with Crippen LogP contribution in [-0.2, 0) is 0 Å². The Bertz CT molecular complexity index is 54.6. The van der Waals surface area contributed by atoms with Crippen molar-refractivity contribution in [3.63, 3.8) is 0 Å². The molecule has 0 bridgehead atoms. The summed E-state index contributed by atoms with van der Waals surface area (Å²) in [6.45, 7) is 2.34. The summed E-state index contributed by atoms with van der Waals surface area (Å²) in [7, 11) is 0. The van der Waals surface area contributed by atoms with Crippen molar-refractivity contribution in [3.8, 4) is 0 Å². The highest BCUT2D eigenvalue weighted by molar-refractivity contribution is 6.29. The fraction of sp³-hybridized carbons (Fsp3) is 0.500. The molecule has 0 unspecified atom stereocenters. The van der Waals surface area contributed by atoms with Gasteiger partial charge in [0.1, 0.15) is 0 Å². The number of halogens is 1. The van der Waals surface area contributed by atoms with Gasteiger partial charge in [0.2, 0.25) is 0 Å². The standard InChI is InChI=1S/C4H8ClN/c1-4(5)2-3-6/h2H,3,6H2,1H3. The van der Waals surface area contributed by atoms with Crippen LogP contribution in [0, 0.1) is 0 Å². The monoisotopic (exact) mass is 105 g/mol. The maximum atomic E-state index is 5.36. The molecule has 2 N–H and O–H groups in total. The average molecular weight is 106 g/mol. The quantitative estimate of drug-likeness (QED) is 0.531. The van der Waals surface area contributed by atoms with E-state index in [-0.39, 0.29) is 0 Å². The molecule has 0 radical (unpaired) electrons. The molecule has 0 saturated heterocycles. The fourth-order valence-corrected chi connectivity index (χ4v) is 0.251. The second-order valence-electron chi connectivity index (χ2n) is 1.03. The Balaban J connectivity index is 3.14. The molecule has 0 amide bonds. The second kappa shape index (κ2) is 3.19. The summed E-state index contributed by atoms with van der Waals surface area (Å²) in [5, 5.41) is 0.762. The molecule has 0 rings (SSSR count). The van der Waals surface area contributed by atoms with Gasteiger partial charge < -0.3 is 5.73 Å². The van der Waals surface area contributed by atoms with Crippen LogP contribution in [0.1, 0.15) is 6.92 Å².